The van der Waals surface area contributed by atoms with E-state index in [0.29, 0.717) is 0 Å². The highest BCUT2D eigenvalue weighted by Crippen LogP contribution is 2.20. The number of carboxylic acid groups (broad SMARTS) is 1. The van der Waals surface area contributed by atoms with Crippen LogP contribution in [0.15, 0.2) is 0 Å². The summed E-state index contributed by atoms with van der Waals surface area (Å²) in [5.74, 6) is -0.720. The molecule has 0 bridgehead atoms. The molecule has 0 amide bonds. The summed E-state index contributed by atoms with van der Waals surface area (Å²) < 4.78 is 0. The monoisotopic (exact) mass is 295 g/mol. The van der Waals surface area contributed by atoms with Crippen LogP contribution in [0.5, 0.6) is 0 Å². The van der Waals surface area contributed by atoms with Gasteiger partial charge in [0.05, 0.1) is 0 Å². The summed E-state index contributed by atoms with van der Waals surface area (Å²) in [6, 6.07) is -0.269. The molecule has 0 radical (unpaired) electrons. The maximum Gasteiger partial charge on any atom is 0.320 e. The molecule has 1 heterocycles. The van der Waals surface area contributed by atoms with Gasteiger partial charge in [0.1, 0.15) is 42.7 Å². The molecule has 1 atom stereocenters. The molecule has 1 saturated carbocycles. The summed E-state index contributed by atoms with van der Waals surface area (Å²) in [5.41, 5.74) is 0. The van der Waals surface area contributed by atoms with Crippen molar-refractivity contribution in [3.05, 3.63) is 0 Å². The third kappa shape index (κ3) is 3.85. The van der Waals surface area contributed by atoms with Crippen molar-refractivity contribution in [1.29, 1.82) is 0 Å². The Morgan fingerprint density at radius 3 is 1.30 bits per heavy atom. The first kappa shape index (κ1) is 17.2. The predicted molar refractivity (Wildman–Crippen MR) is 64.7 cm³/mol. The quantitative estimate of drug-likeness (QED) is 0.240. The minimum Gasteiger partial charge on any atom is -0.480 e. The van der Waals surface area contributed by atoms with Gasteiger partial charge in [-0.25, -0.2) is 0 Å². The Morgan fingerprint density at radius 1 is 0.800 bits per heavy atom. The van der Waals surface area contributed by atoms with Crippen molar-refractivity contribution in [2.75, 3.05) is 6.54 Å². The average molecular weight is 295 g/mol. The molecule has 9 heteroatoms. The number of hydrogen-bond acceptors (Lipinski definition) is 8. The van der Waals surface area contributed by atoms with E-state index in [1.165, 1.54) is 0 Å². The summed E-state index contributed by atoms with van der Waals surface area (Å²) in [6.07, 6.45) is -8.06. The van der Waals surface area contributed by atoms with E-state index in [4.69, 9.17) is 35.7 Å². The van der Waals surface area contributed by atoms with Gasteiger partial charge in [0.2, 0.25) is 0 Å². The first-order valence-electron chi connectivity index (χ1n) is 6.32. The van der Waals surface area contributed by atoms with Gasteiger partial charge in [-0.1, -0.05) is 0 Å². The molecule has 1 unspecified atom stereocenters. The Hall–Kier alpha value is -0.810. The summed E-state index contributed by atoms with van der Waals surface area (Å²) in [6.45, 7) is 0.858. The number of carbonyl (C=O) groups is 1. The van der Waals surface area contributed by atoms with Gasteiger partial charge < -0.3 is 41.1 Å². The van der Waals surface area contributed by atoms with E-state index in [-0.39, 0.29) is 6.04 Å². The number of rotatable bonds is 1. The van der Waals surface area contributed by atoms with Crippen LogP contribution in [0.4, 0.5) is 0 Å². The Kier molecular flexibility index (Phi) is 6.27. The standard InChI is InChI=1S/C6H12O6.C5H9NO2/c7-1-2(8)4(10)6(12)5(11)3(1)9;7-5(8)4-2-1-3-6-4/h1-12H;4,6H,1-3H2,(H,7,8)/t1-,2-,3-,4+,5-,6-;. The van der Waals surface area contributed by atoms with Crippen molar-refractivity contribution in [3.63, 3.8) is 0 Å². The van der Waals surface area contributed by atoms with Gasteiger partial charge >= 0.3 is 5.97 Å². The fourth-order valence-corrected chi connectivity index (χ4v) is 2.11. The van der Waals surface area contributed by atoms with E-state index in [1.807, 2.05) is 0 Å². The normalized spacial score (nSPS) is 44.6. The molecule has 2 fully saturated rings. The fraction of sp³-hybridized carbons (Fsp3) is 0.909. The second-order valence-corrected chi connectivity index (χ2v) is 4.93. The van der Waals surface area contributed by atoms with Gasteiger partial charge in [-0.15, -0.1) is 0 Å². The van der Waals surface area contributed by atoms with Crippen molar-refractivity contribution >= 4 is 5.97 Å². The highest BCUT2D eigenvalue weighted by atomic mass is 16.4. The second kappa shape index (κ2) is 7.27. The molecule has 20 heavy (non-hydrogen) atoms. The minimum absolute atomic E-state index is 0.269. The van der Waals surface area contributed by atoms with Gasteiger partial charge in [-0.3, -0.25) is 4.79 Å². The summed E-state index contributed by atoms with van der Waals surface area (Å²) >= 11 is 0. The molecule has 2 rings (SSSR count). The summed E-state index contributed by atoms with van der Waals surface area (Å²) in [4.78, 5) is 10.1. The van der Waals surface area contributed by atoms with Crippen molar-refractivity contribution in [3.8, 4) is 0 Å². The van der Waals surface area contributed by atoms with E-state index in [2.05, 4.69) is 5.32 Å². The molecule has 2 aliphatic rings. The molecule has 0 spiro atoms. The lowest BCUT2D eigenvalue weighted by Crippen LogP contribution is -2.63. The smallest absolute Gasteiger partial charge is 0.320 e. The van der Waals surface area contributed by atoms with Crippen LogP contribution in [0.3, 0.4) is 0 Å². The van der Waals surface area contributed by atoms with Crippen LogP contribution >= 0.6 is 0 Å². The van der Waals surface area contributed by atoms with Gasteiger partial charge in [0, 0.05) is 0 Å². The number of aliphatic hydroxyl groups excluding tert-OH is 6. The van der Waals surface area contributed by atoms with Crippen LogP contribution in [-0.2, 0) is 4.79 Å². The molecular weight excluding hydrogens is 274 g/mol. The van der Waals surface area contributed by atoms with Crippen LogP contribution in [0, 0.1) is 0 Å². The van der Waals surface area contributed by atoms with Crippen molar-refractivity contribution < 1.29 is 40.5 Å². The lowest BCUT2D eigenvalue weighted by molar-refractivity contribution is -0.223. The van der Waals surface area contributed by atoms with Gasteiger partial charge in [-0.2, -0.15) is 0 Å². The van der Waals surface area contributed by atoms with E-state index < -0.39 is 42.6 Å². The molecule has 0 aromatic rings. The summed E-state index contributed by atoms with van der Waals surface area (Å²) in [5, 5.41) is 65.0. The van der Waals surface area contributed by atoms with Gasteiger partial charge in [0.15, 0.2) is 0 Å². The molecule has 9 nitrogen and oxygen atoms in total. The average Bonchev–Trinajstić information content (AvgIpc) is 2.96. The van der Waals surface area contributed by atoms with Crippen LogP contribution in [-0.4, -0.2) is 90.9 Å². The minimum atomic E-state index is -1.64. The van der Waals surface area contributed by atoms with Crippen LogP contribution in [0.2, 0.25) is 0 Å². The van der Waals surface area contributed by atoms with Crippen LogP contribution < -0.4 is 5.32 Å². The molecular formula is C11H21NO8. The zero-order valence-corrected chi connectivity index (χ0v) is 10.7. The molecule has 1 saturated heterocycles. The predicted octanol–water partition coefficient (Wildman–Crippen LogP) is -4.01. The van der Waals surface area contributed by atoms with Gasteiger partial charge in [0.25, 0.3) is 0 Å². The fourth-order valence-electron chi connectivity index (χ4n) is 2.11. The Balaban J connectivity index is 0.000000217. The van der Waals surface area contributed by atoms with Crippen molar-refractivity contribution in [2.24, 2.45) is 0 Å². The molecule has 1 aliphatic carbocycles. The maximum absolute atomic E-state index is 10.1. The first-order chi connectivity index (χ1) is 9.27. The SMILES string of the molecule is O=C(O)C1CCCN1.O[C@H]1[C@H](O)[C@@H](O)[C@H](O)[C@@H](O)[C@H]1O. The molecule has 0 aromatic carbocycles. The maximum atomic E-state index is 10.1. The lowest BCUT2D eigenvalue weighted by atomic mass is 9.85. The third-order valence-corrected chi connectivity index (χ3v) is 3.46. The molecule has 118 valence electrons. The number of aliphatic carboxylic acids is 1. The van der Waals surface area contributed by atoms with Crippen molar-refractivity contribution in [1.82, 2.24) is 5.32 Å². The Bertz CT molecular complexity index is 263. The first-order valence-corrected chi connectivity index (χ1v) is 6.32. The number of carboxylic acids is 1. The zero-order valence-electron chi connectivity index (χ0n) is 10.7. The highest BCUT2D eigenvalue weighted by Gasteiger charge is 2.47. The van der Waals surface area contributed by atoms with Gasteiger partial charge in [-0.05, 0) is 19.4 Å². The summed E-state index contributed by atoms with van der Waals surface area (Å²) in [7, 11) is 0. The Labute approximate surface area is 115 Å². The number of hydrogen-bond donors (Lipinski definition) is 8. The molecule has 0 aromatic heterocycles. The number of aliphatic hydroxyl groups is 6. The molecule has 8 N–H and O–H groups in total. The van der Waals surface area contributed by atoms with E-state index in [9.17, 15) is 4.79 Å². The zero-order chi connectivity index (χ0) is 15.4. The van der Waals surface area contributed by atoms with Crippen molar-refractivity contribution in [2.45, 2.75) is 55.5 Å². The largest absolute Gasteiger partial charge is 0.480 e. The van der Waals surface area contributed by atoms with E-state index >= 15 is 0 Å². The third-order valence-electron chi connectivity index (χ3n) is 3.46. The topological polar surface area (TPSA) is 171 Å². The Morgan fingerprint density at radius 2 is 1.15 bits per heavy atom. The lowest BCUT2D eigenvalue weighted by Gasteiger charge is -2.39. The van der Waals surface area contributed by atoms with Crippen LogP contribution in [0.25, 0.3) is 0 Å². The molecule has 1 aliphatic heterocycles. The second-order valence-electron chi connectivity index (χ2n) is 4.93. The highest BCUT2D eigenvalue weighted by molar-refractivity contribution is 5.73. The number of nitrogens with one attached hydrogen (secondary N) is 1. The van der Waals surface area contributed by atoms with E-state index in [1.54, 1.807) is 0 Å². The van der Waals surface area contributed by atoms with E-state index in [0.717, 1.165) is 19.4 Å². The van der Waals surface area contributed by atoms with Crippen LogP contribution in [0.1, 0.15) is 12.8 Å².